The highest BCUT2D eigenvalue weighted by atomic mass is 16.6. The van der Waals surface area contributed by atoms with Gasteiger partial charge in [-0.2, -0.15) is 0 Å². The number of carbonyl (C=O) groups excluding carboxylic acids is 1. The van der Waals surface area contributed by atoms with Crippen LogP contribution in [0.1, 0.15) is 26.7 Å². The first-order valence-electron chi connectivity index (χ1n) is 10.1. The molecule has 1 aliphatic rings. The molecule has 4 rings (SSSR count). The predicted molar refractivity (Wildman–Crippen MR) is 113 cm³/mol. The van der Waals surface area contributed by atoms with Crippen molar-refractivity contribution in [2.75, 3.05) is 25.5 Å². The van der Waals surface area contributed by atoms with Crippen molar-refractivity contribution in [2.24, 2.45) is 0 Å². The lowest BCUT2D eigenvalue weighted by Crippen LogP contribution is -2.40. The van der Waals surface area contributed by atoms with Gasteiger partial charge in [0.15, 0.2) is 5.65 Å². The van der Waals surface area contributed by atoms with Gasteiger partial charge in [-0.05, 0) is 51.0 Å². The number of fused-ring (bicyclic) bond motifs is 1. The van der Waals surface area contributed by atoms with Gasteiger partial charge in [-0.15, -0.1) is 5.10 Å². The number of aromatic nitrogens is 4. The molecule has 1 saturated heterocycles. The van der Waals surface area contributed by atoms with Crippen molar-refractivity contribution in [3.63, 3.8) is 0 Å². The SMILES string of the molecule is COc1ncccc1-c1cnc2ccc(NC[C@@H]3CCCN3C(=O)OC(C)C)nn12. The van der Waals surface area contributed by atoms with Gasteiger partial charge >= 0.3 is 6.09 Å². The topological polar surface area (TPSA) is 93.9 Å². The van der Waals surface area contributed by atoms with Crippen LogP contribution in [0.15, 0.2) is 36.7 Å². The summed E-state index contributed by atoms with van der Waals surface area (Å²) in [7, 11) is 1.59. The van der Waals surface area contributed by atoms with E-state index in [-0.39, 0.29) is 18.2 Å². The average Bonchev–Trinajstić information content (AvgIpc) is 3.38. The maximum absolute atomic E-state index is 12.3. The van der Waals surface area contributed by atoms with Crippen LogP contribution in [0.25, 0.3) is 16.9 Å². The number of ether oxygens (including phenoxy) is 2. The highest BCUT2D eigenvalue weighted by Gasteiger charge is 2.30. The van der Waals surface area contributed by atoms with Gasteiger partial charge < -0.3 is 19.7 Å². The van der Waals surface area contributed by atoms with Crippen LogP contribution < -0.4 is 10.1 Å². The van der Waals surface area contributed by atoms with Crippen LogP contribution in [-0.2, 0) is 4.74 Å². The monoisotopic (exact) mass is 410 g/mol. The maximum atomic E-state index is 12.3. The Kier molecular flexibility index (Phi) is 5.69. The van der Waals surface area contributed by atoms with Gasteiger partial charge in [-0.25, -0.2) is 19.3 Å². The minimum Gasteiger partial charge on any atom is -0.481 e. The van der Waals surface area contributed by atoms with Gasteiger partial charge in [0.25, 0.3) is 0 Å². The second-order valence-corrected chi connectivity index (χ2v) is 7.50. The number of anilines is 1. The van der Waals surface area contributed by atoms with Gasteiger partial charge in [0.2, 0.25) is 5.88 Å². The van der Waals surface area contributed by atoms with Crippen LogP contribution in [0, 0.1) is 0 Å². The molecule has 30 heavy (non-hydrogen) atoms. The molecule has 9 nitrogen and oxygen atoms in total. The third kappa shape index (κ3) is 4.00. The van der Waals surface area contributed by atoms with E-state index in [1.165, 1.54) is 0 Å². The molecule has 4 heterocycles. The molecule has 0 unspecified atom stereocenters. The van der Waals surface area contributed by atoms with Crippen molar-refractivity contribution in [1.29, 1.82) is 0 Å². The number of rotatable bonds is 6. The van der Waals surface area contributed by atoms with Crippen molar-refractivity contribution in [1.82, 2.24) is 24.5 Å². The van der Waals surface area contributed by atoms with Crippen LogP contribution in [-0.4, -0.2) is 62.9 Å². The van der Waals surface area contributed by atoms with Crippen molar-refractivity contribution in [3.8, 4) is 17.1 Å². The smallest absolute Gasteiger partial charge is 0.410 e. The molecule has 0 bridgehead atoms. The Bertz CT molecular complexity index is 1030. The van der Waals surface area contributed by atoms with E-state index in [0.717, 1.165) is 36.3 Å². The van der Waals surface area contributed by atoms with E-state index in [0.29, 0.717) is 18.2 Å². The zero-order valence-electron chi connectivity index (χ0n) is 17.4. The number of nitrogens with zero attached hydrogens (tertiary/aromatic N) is 5. The molecule has 0 saturated carbocycles. The quantitative estimate of drug-likeness (QED) is 0.667. The summed E-state index contributed by atoms with van der Waals surface area (Å²) in [5.41, 5.74) is 2.33. The Morgan fingerprint density at radius 3 is 2.97 bits per heavy atom. The average molecular weight is 410 g/mol. The molecule has 158 valence electrons. The Morgan fingerprint density at radius 2 is 2.17 bits per heavy atom. The minimum atomic E-state index is -0.252. The normalized spacial score (nSPS) is 16.3. The van der Waals surface area contributed by atoms with E-state index in [2.05, 4.69) is 15.3 Å². The largest absolute Gasteiger partial charge is 0.481 e. The third-order valence-corrected chi connectivity index (χ3v) is 5.07. The molecule has 0 aromatic carbocycles. The summed E-state index contributed by atoms with van der Waals surface area (Å²) in [6.45, 7) is 5.05. The molecular formula is C21H26N6O3. The minimum absolute atomic E-state index is 0.0782. The van der Waals surface area contributed by atoms with Crippen LogP contribution in [0.4, 0.5) is 10.6 Å². The van der Waals surface area contributed by atoms with E-state index < -0.39 is 0 Å². The number of amides is 1. The molecule has 0 spiro atoms. The molecule has 9 heteroatoms. The van der Waals surface area contributed by atoms with E-state index in [1.54, 1.807) is 28.9 Å². The van der Waals surface area contributed by atoms with Gasteiger partial charge in [0.1, 0.15) is 5.82 Å². The summed E-state index contributed by atoms with van der Waals surface area (Å²) in [6.07, 6.45) is 4.97. The molecule has 1 amide bonds. The number of imidazole rings is 1. The molecule has 1 atom stereocenters. The molecule has 0 aliphatic carbocycles. The van der Waals surface area contributed by atoms with Gasteiger partial charge in [0, 0.05) is 19.3 Å². The van der Waals surface area contributed by atoms with E-state index in [1.807, 2.05) is 38.1 Å². The molecule has 1 aliphatic heterocycles. The van der Waals surface area contributed by atoms with Crippen LogP contribution in [0.2, 0.25) is 0 Å². The van der Waals surface area contributed by atoms with E-state index in [9.17, 15) is 4.79 Å². The second-order valence-electron chi connectivity index (χ2n) is 7.50. The molecular weight excluding hydrogens is 384 g/mol. The summed E-state index contributed by atoms with van der Waals surface area (Å²) in [5, 5.41) is 8.05. The summed E-state index contributed by atoms with van der Waals surface area (Å²) >= 11 is 0. The van der Waals surface area contributed by atoms with Gasteiger partial charge in [-0.1, -0.05) is 0 Å². The fourth-order valence-electron chi connectivity index (χ4n) is 3.68. The highest BCUT2D eigenvalue weighted by molar-refractivity contribution is 5.69. The number of hydrogen-bond acceptors (Lipinski definition) is 7. The van der Waals surface area contributed by atoms with Crippen LogP contribution in [0.3, 0.4) is 0 Å². The van der Waals surface area contributed by atoms with E-state index >= 15 is 0 Å². The Hall–Kier alpha value is -3.36. The molecule has 0 radical (unpaired) electrons. The first-order valence-corrected chi connectivity index (χ1v) is 10.1. The fraction of sp³-hybridized carbons (Fsp3) is 0.429. The number of pyridine rings is 1. The summed E-state index contributed by atoms with van der Waals surface area (Å²) in [5.74, 6) is 1.22. The lowest BCUT2D eigenvalue weighted by atomic mass is 10.2. The van der Waals surface area contributed by atoms with E-state index in [4.69, 9.17) is 14.6 Å². The number of hydrogen-bond donors (Lipinski definition) is 1. The maximum Gasteiger partial charge on any atom is 0.410 e. The van der Waals surface area contributed by atoms with Gasteiger partial charge in [0.05, 0.1) is 36.7 Å². The van der Waals surface area contributed by atoms with Crippen LogP contribution in [0.5, 0.6) is 5.88 Å². The molecule has 3 aromatic heterocycles. The Morgan fingerprint density at radius 1 is 1.30 bits per heavy atom. The fourth-order valence-corrected chi connectivity index (χ4v) is 3.68. The van der Waals surface area contributed by atoms with Crippen molar-refractivity contribution in [2.45, 2.75) is 38.8 Å². The molecule has 1 N–H and O–H groups in total. The van der Waals surface area contributed by atoms with Crippen molar-refractivity contribution in [3.05, 3.63) is 36.7 Å². The zero-order chi connectivity index (χ0) is 21.1. The predicted octanol–water partition coefficient (Wildman–Crippen LogP) is 3.22. The lowest BCUT2D eigenvalue weighted by molar-refractivity contribution is 0.0746. The van der Waals surface area contributed by atoms with Crippen LogP contribution >= 0.6 is 0 Å². The standard InChI is InChI=1S/C21H26N6O3/c1-14(2)30-21(28)26-11-5-6-15(26)12-23-18-8-9-19-24-13-17(27(19)25-18)16-7-4-10-22-20(16)29-3/h4,7-10,13-15H,5-6,11-12H2,1-3H3,(H,23,25)/t15-/m0/s1. The first kappa shape index (κ1) is 19.9. The van der Waals surface area contributed by atoms with Crippen molar-refractivity contribution >= 4 is 17.6 Å². The summed E-state index contributed by atoms with van der Waals surface area (Å²) in [6, 6.07) is 7.65. The summed E-state index contributed by atoms with van der Waals surface area (Å²) < 4.78 is 12.5. The Balaban J connectivity index is 1.52. The number of likely N-dealkylation sites (tertiary alicyclic amines) is 1. The molecule has 1 fully saturated rings. The number of nitrogens with one attached hydrogen (secondary N) is 1. The second kappa shape index (κ2) is 8.56. The zero-order valence-corrected chi connectivity index (χ0v) is 17.4. The highest BCUT2D eigenvalue weighted by Crippen LogP contribution is 2.28. The Labute approximate surface area is 175 Å². The number of methoxy groups -OCH3 is 1. The first-order chi connectivity index (χ1) is 14.6. The molecule has 3 aromatic rings. The third-order valence-electron chi connectivity index (χ3n) is 5.07. The van der Waals surface area contributed by atoms with Gasteiger partial charge in [-0.3, -0.25) is 0 Å². The number of carbonyl (C=O) groups is 1. The summed E-state index contributed by atoms with van der Waals surface area (Å²) in [4.78, 5) is 22.8. The lowest BCUT2D eigenvalue weighted by Gasteiger charge is -2.25. The van der Waals surface area contributed by atoms with Crippen molar-refractivity contribution < 1.29 is 14.3 Å².